The van der Waals surface area contributed by atoms with Crippen LogP contribution < -0.4 is 5.32 Å². The van der Waals surface area contributed by atoms with Gasteiger partial charge >= 0.3 is 0 Å². The lowest BCUT2D eigenvalue weighted by Gasteiger charge is -2.24. The Labute approximate surface area is 82.1 Å². The number of rotatable bonds is 6. The molecule has 13 heavy (non-hydrogen) atoms. The van der Waals surface area contributed by atoms with E-state index >= 15 is 0 Å². The summed E-state index contributed by atoms with van der Waals surface area (Å²) in [6.07, 6.45) is 6.34. The smallest absolute Gasteiger partial charge is 0.0687 e. The highest BCUT2D eigenvalue weighted by molar-refractivity contribution is 4.99. The molecule has 76 valence electrons. The van der Waals surface area contributed by atoms with Crippen molar-refractivity contribution in [2.75, 3.05) is 13.7 Å². The maximum Gasteiger partial charge on any atom is 0.0687 e. The van der Waals surface area contributed by atoms with E-state index in [2.05, 4.69) is 32.0 Å². The van der Waals surface area contributed by atoms with E-state index in [9.17, 15) is 0 Å². The highest BCUT2D eigenvalue weighted by Crippen LogP contribution is 2.04. The minimum atomic E-state index is 0.169. The molecule has 0 spiro atoms. The van der Waals surface area contributed by atoms with Crippen LogP contribution in [0.1, 0.15) is 27.2 Å². The Morgan fingerprint density at radius 2 is 2.08 bits per heavy atom. The normalized spacial score (nSPS) is 15.4. The summed E-state index contributed by atoms with van der Waals surface area (Å²) in [5.41, 5.74) is 0. The maximum absolute atomic E-state index is 5.37. The van der Waals surface area contributed by atoms with Crippen molar-refractivity contribution in [1.82, 2.24) is 5.32 Å². The van der Waals surface area contributed by atoms with Crippen molar-refractivity contribution in [1.29, 1.82) is 0 Å². The summed E-state index contributed by atoms with van der Waals surface area (Å²) >= 11 is 0. The van der Waals surface area contributed by atoms with Gasteiger partial charge in [-0.2, -0.15) is 0 Å². The summed E-state index contributed by atoms with van der Waals surface area (Å²) < 4.78 is 5.12. The van der Waals surface area contributed by atoms with E-state index < -0.39 is 0 Å². The zero-order valence-corrected chi connectivity index (χ0v) is 9.13. The molecule has 0 aromatic carbocycles. The van der Waals surface area contributed by atoms with E-state index in [0.717, 1.165) is 13.0 Å². The largest absolute Gasteiger partial charge is 0.383 e. The van der Waals surface area contributed by atoms with Crippen LogP contribution >= 0.6 is 0 Å². The quantitative estimate of drug-likeness (QED) is 0.632. The van der Waals surface area contributed by atoms with Gasteiger partial charge in [-0.3, -0.25) is 5.32 Å². The van der Waals surface area contributed by atoms with Crippen molar-refractivity contribution in [2.24, 2.45) is 5.92 Å². The molecule has 0 saturated heterocycles. The number of hydrogen-bond donors (Lipinski definition) is 1. The number of methoxy groups -OCH3 is 1. The van der Waals surface area contributed by atoms with Crippen molar-refractivity contribution in [3.05, 3.63) is 0 Å². The summed E-state index contributed by atoms with van der Waals surface area (Å²) in [6.45, 7) is 7.14. The van der Waals surface area contributed by atoms with Crippen LogP contribution in [0.15, 0.2) is 0 Å². The second-order valence-corrected chi connectivity index (χ2v) is 3.60. The Bertz CT molecular complexity index is 160. The number of ether oxygens (including phenoxy) is 1. The number of nitrogens with one attached hydrogen (secondary N) is 1. The zero-order valence-electron chi connectivity index (χ0n) is 9.13. The Hall–Kier alpha value is -0.520. The summed E-state index contributed by atoms with van der Waals surface area (Å²) in [4.78, 5) is 0. The second-order valence-electron chi connectivity index (χ2n) is 3.60. The molecule has 0 aliphatic rings. The Balaban J connectivity index is 4.01. The fraction of sp³-hybridized carbons (Fsp3) is 0.818. The number of hydrogen-bond acceptors (Lipinski definition) is 2. The lowest BCUT2D eigenvalue weighted by molar-refractivity contribution is 0.143. The Morgan fingerprint density at radius 1 is 1.46 bits per heavy atom. The van der Waals surface area contributed by atoms with E-state index in [4.69, 9.17) is 11.2 Å². The first-order valence-electron chi connectivity index (χ1n) is 4.86. The molecule has 0 heterocycles. The molecule has 2 heteroatoms. The second kappa shape index (κ2) is 6.94. The van der Waals surface area contributed by atoms with Gasteiger partial charge in [0.1, 0.15) is 0 Å². The van der Waals surface area contributed by atoms with Crippen molar-refractivity contribution >= 4 is 0 Å². The third-order valence-electron chi connectivity index (χ3n) is 2.18. The predicted octanol–water partition coefficient (Wildman–Crippen LogP) is 1.66. The van der Waals surface area contributed by atoms with E-state index in [0.29, 0.717) is 12.0 Å². The van der Waals surface area contributed by atoms with Gasteiger partial charge in [0.05, 0.1) is 12.6 Å². The molecule has 0 fully saturated rings. The van der Waals surface area contributed by atoms with Gasteiger partial charge in [0, 0.05) is 13.2 Å². The van der Waals surface area contributed by atoms with Crippen molar-refractivity contribution in [3.63, 3.8) is 0 Å². The maximum atomic E-state index is 5.37. The highest BCUT2D eigenvalue weighted by Gasteiger charge is 2.15. The van der Waals surface area contributed by atoms with Gasteiger partial charge in [0.25, 0.3) is 0 Å². The first-order valence-corrected chi connectivity index (χ1v) is 4.86. The molecule has 0 aromatic heterocycles. The van der Waals surface area contributed by atoms with E-state index in [1.807, 2.05) is 0 Å². The third-order valence-corrected chi connectivity index (χ3v) is 2.18. The summed E-state index contributed by atoms with van der Waals surface area (Å²) in [5, 5.41) is 3.39. The fourth-order valence-electron chi connectivity index (χ4n) is 1.15. The lowest BCUT2D eigenvalue weighted by atomic mass is 10.0. The van der Waals surface area contributed by atoms with Crippen LogP contribution in [0.3, 0.4) is 0 Å². The van der Waals surface area contributed by atoms with Crippen LogP contribution in [-0.4, -0.2) is 25.8 Å². The third kappa shape index (κ3) is 4.92. The minimum Gasteiger partial charge on any atom is -0.383 e. The van der Waals surface area contributed by atoms with Crippen LogP contribution in [0.2, 0.25) is 0 Å². The molecule has 0 saturated carbocycles. The summed E-state index contributed by atoms with van der Waals surface area (Å²) in [5.74, 6) is 3.27. The molecule has 0 bridgehead atoms. The van der Waals surface area contributed by atoms with Crippen LogP contribution in [0.25, 0.3) is 0 Å². The molecular formula is C11H21NO. The first-order chi connectivity index (χ1) is 6.15. The average molecular weight is 183 g/mol. The molecule has 0 aromatic rings. The first kappa shape index (κ1) is 12.5. The van der Waals surface area contributed by atoms with Crippen molar-refractivity contribution in [3.8, 4) is 12.3 Å². The van der Waals surface area contributed by atoms with Crippen molar-refractivity contribution in [2.45, 2.75) is 39.3 Å². The fourth-order valence-corrected chi connectivity index (χ4v) is 1.15. The lowest BCUT2D eigenvalue weighted by Crippen LogP contribution is -2.43. The van der Waals surface area contributed by atoms with Gasteiger partial charge in [-0.25, -0.2) is 0 Å². The monoisotopic (exact) mass is 183 g/mol. The van der Waals surface area contributed by atoms with Gasteiger partial charge in [-0.05, 0) is 12.3 Å². The molecular weight excluding hydrogens is 162 g/mol. The minimum absolute atomic E-state index is 0.169. The van der Waals surface area contributed by atoms with Crippen LogP contribution in [0, 0.1) is 18.3 Å². The molecule has 2 nitrogen and oxygen atoms in total. The molecule has 0 rings (SSSR count). The average Bonchev–Trinajstić information content (AvgIpc) is 2.11. The van der Waals surface area contributed by atoms with Gasteiger partial charge in [-0.15, -0.1) is 6.42 Å². The van der Waals surface area contributed by atoms with E-state index in [1.165, 1.54) is 0 Å². The van der Waals surface area contributed by atoms with Crippen LogP contribution in [-0.2, 0) is 4.74 Å². The van der Waals surface area contributed by atoms with Gasteiger partial charge in [0.15, 0.2) is 0 Å². The SMILES string of the molecule is C#CC(CC)NC(COC)C(C)C. The topological polar surface area (TPSA) is 21.3 Å². The molecule has 1 N–H and O–H groups in total. The highest BCUT2D eigenvalue weighted by atomic mass is 16.5. The molecule has 0 aliphatic carbocycles. The van der Waals surface area contributed by atoms with Gasteiger partial charge in [-0.1, -0.05) is 26.7 Å². The summed E-state index contributed by atoms with van der Waals surface area (Å²) in [6, 6.07) is 0.522. The predicted molar refractivity (Wildman–Crippen MR) is 56.5 cm³/mol. The Morgan fingerprint density at radius 3 is 2.38 bits per heavy atom. The molecule has 0 aliphatic heterocycles. The van der Waals surface area contributed by atoms with Crippen LogP contribution in [0.4, 0.5) is 0 Å². The zero-order chi connectivity index (χ0) is 10.3. The standard InChI is InChI=1S/C11H21NO/c1-6-10(7-2)12-11(8-13-5)9(3)4/h1,9-12H,7-8H2,2-5H3. The summed E-state index contributed by atoms with van der Waals surface area (Å²) in [7, 11) is 1.72. The molecule has 0 amide bonds. The Kier molecular flexibility index (Phi) is 6.66. The van der Waals surface area contributed by atoms with E-state index in [-0.39, 0.29) is 6.04 Å². The molecule has 2 atom stereocenters. The van der Waals surface area contributed by atoms with E-state index in [1.54, 1.807) is 7.11 Å². The van der Waals surface area contributed by atoms with Crippen molar-refractivity contribution < 1.29 is 4.74 Å². The molecule has 0 radical (unpaired) electrons. The number of terminal acetylenes is 1. The molecule has 2 unspecified atom stereocenters. The van der Waals surface area contributed by atoms with Gasteiger partial charge < -0.3 is 4.74 Å². The van der Waals surface area contributed by atoms with Crippen LogP contribution in [0.5, 0.6) is 0 Å². The van der Waals surface area contributed by atoms with Gasteiger partial charge in [0.2, 0.25) is 0 Å².